The maximum atomic E-state index is 13.6. The Hall–Kier alpha value is -2.17. The third-order valence-electron chi connectivity index (χ3n) is 2.59. The van der Waals surface area contributed by atoms with Crippen LogP contribution in [0.3, 0.4) is 0 Å². The second-order valence-corrected chi connectivity index (χ2v) is 3.77. The molecule has 1 aromatic carbocycles. The minimum Gasteiger partial charge on any atom is -0.366 e. The summed E-state index contributed by atoms with van der Waals surface area (Å²) in [5, 5.41) is 0. The Kier molecular flexibility index (Phi) is 2.91. The monoisotopic (exact) mass is 233 g/mol. The molecular formula is C12H12FN3O. The quantitative estimate of drug-likeness (QED) is 0.872. The van der Waals surface area contributed by atoms with Crippen LogP contribution in [0.1, 0.15) is 21.7 Å². The van der Waals surface area contributed by atoms with Crippen molar-refractivity contribution in [3.63, 3.8) is 0 Å². The predicted molar refractivity (Wildman–Crippen MR) is 61.0 cm³/mol. The second kappa shape index (κ2) is 4.37. The van der Waals surface area contributed by atoms with Gasteiger partial charge in [-0.25, -0.2) is 9.37 Å². The molecule has 0 spiro atoms. The first-order valence-electron chi connectivity index (χ1n) is 5.14. The zero-order valence-electron chi connectivity index (χ0n) is 9.35. The van der Waals surface area contributed by atoms with Gasteiger partial charge in [-0.15, -0.1) is 0 Å². The van der Waals surface area contributed by atoms with Gasteiger partial charge >= 0.3 is 0 Å². The standard InChI is InChI=1S/C12H12FN3O/c1-8-15-4-5-16(8)7-10-6-9(12(14)17)2-3-11(10)13/h2-6H,7H2,1H3,(H2,14,17). The predicted octanol–water partition coefficient (Wildman–Crippen LogP) is 1.48. The van der Waals surface area contributed by atoms with Crippen LogP contribution in [0.25, 0.3) is 0 Å². The number of benzene rings is 1. The van der Waals surface area contributed by atoms with Crippen molar-refractivity contribution >= 4 is 5.91 Å². The van der Waals surface area contributed by atoms with Crippen molar-refractivity contribution in [3.05, 3.63) is 53.4 Å². The number of nitrogens with two attached hydrogens (primary N) is 1. The fraction of sp³-hybridized carbons (Fsp3) is 0.167. The van der Waals surface area contributed by atoms with Gasteiger partial charge in [-0.05, 0) is 25.1 Å². The number of nitrogens with zero attached hydrogens (tertiary/aromatic N) is 2. The first-order chi connectivity index (χ1) is 8.08. The van der Waals surface area contributed by atoms with E-state index in [-0.39, 0.29) is 5.82 Å². The number of carbonyl (C=O) groups excluding carboxylic acids is 1. The Morgan fingerprint density at radius 2 is 2.29 bits per heavy atom. The highest BCUT2D eigenvalue weighted by Gasteiger charge is 2.08. The topological polar surface area (TPSA) is 60.9 Å². The molecule has 2 N–H and O–H groups in total. The number of aryl methyl sites for hydroxylation is 1. The molecule has 4 nitrogen and oxygen atoms in total. The summed E-state index contributed by atoms with van der Waals surface area (Å²) in [5.41, 5.74) is 5.88. The number of halogens is 1. The van der Waals surface area contributed by atoms with E-state index < -0.39 is 5.91 Å². The summed E-state index contributed by atoms with van der Waals surface area (Å²) in [6.45, 7) is 2.16. The molecule has 0 aliphatic carbocycles. The number of primary amides is 1. The number of carbonyl (C=O) groups is 1. The van der Waals surface area contributed by atoms with Crippen LogP contribution in [0.2, 0.25) is 0 Å². The zero-order valence-corrected chi connectivity index (χ0v) is 9.35. The minimum atomic E-state index is -0.561. The summed E-state index contributed by atoms with van der Waals surface area (Å²) in [4.78, 5) is 15.1. The van der Waals surface area contributed by atoms with Gasteiger partial charge in [0.1, 0.15) is 11.6 Å². The van der Waals surface area contributed by atoms with Gasteiger partial charge in [0, 0.05) is 23.5 Å². The van der Waals surface area contributed by atoms with Gasteiger partial charge in [-0.1, -0.05) is 0 Å². The van der Waals surface area contributed by atoms with Crippen LogP contribution in [0.15, 0.2) is 30.6 Å². The Morgan fingerprint density at radius 3 is 2.88 bits per heavy atom. The average molecular weight is 233 g/mol. The maximum absolute atomic E-state index is 13.6. The van der Waals surface area contributed by atoms with E-state index in [4.69, 9.17) is 5.73 Å². The third kappa shape index (κ3) is 2.33. The van der Waals surface area contributed by atoms with Crippen molar-refractivity contribution in [1.82, 2.24) is 9.55 Å². The molecule has 0 aliphatic rings. The molecule has 2 aromatic rings. The normalized spacial score (nSPS) is 10.5. The number of hydrogen-bond donors (Lipinski definition) is 1. The Balaban J connectivity index is 2.35. The Bertz CT molecular complexity index is 563. The van der Waals surface area contributed by atoms with Crippen molar-refractivity contribution < 1.29 is 9.18 Å². The molecule has 0 atom stereocenters. The third-order valence-corrected chi connectivity index (χ3v) is 2.59. The minimum absolute atomic E-state index is 0.305. The smallest absolute Gasteiger partial charge is 0.248 e. The fourth-order valence-corrected chi connectivity index (χ4v) is 1.60. The van der Waals surface area contributed by atoms with Gasteiger partial charge < -0.3 is 10.3 Å². The Labute approximate surface area is 97.9 Å². The van der Waals surface area contributed by atoms with Crippen molar-refractivity contribution in [1.29, 1.82) is 0 Å². The van der Waals surface area contributed by atoms with Crippen molar-refractivity contribution in [2.24, 2.45) is 5.73 Å². The van der Waals surface area contributed by atoms with Crippen LogP contribution in [0.4, 0.5) is 4.39 Å². The van der Waals surface area contributed by atoms with Gasteiger partial charge in [0.2, 0.25) is 5.91 Å². The van der Waals surface area contributed by atoms with E-state index in [1.165, 1.54) is 18.2 Å². The molecule has 0 bridgehead atoms. The summed E-state index contributed by atoms with van der Waals surface area (Å²) in [5.74, 6) is -0.134. The number of amides is 1. The van der Waals surface area contributed by atoms with E-state index in [1.54, 1.807) is 17.0 Å². The summed E-state index contributed by atoms with van der Waals surface area (Å²) in [6, 6.07) is 4.10. The Morgan fingerprint density at radius 1 is 1.53 bits per heavy atom. The van der Waals surface area contributed by atoms with Gasteiger partial charge in [0.05, 0.1) is 6.54 Å². The zero-order chi connectivity index (χ0) is 12.4. The summed E-state index contributed by atoms with van der Waals surface area (Å²) in [6.07, 6.45) is 3.40. The molecular weight excluding hydrogens is 221 g/mol. The molecule has 0 fully saturated rings. The molecule has 1 aromatic heterocycles. The second-order valence-electron chi connectivity index (χ2n) is 3.77. The van der Waals surface area contributed by atoms with E-state index >= 15 is 0 Å². The largest absolute Gasteiger partial charge is 0.366 e. The number of aromatic nitrogens is 2. The highest BCUT2D eigenvalue weighted by Crippen LogP contribution is 2.13. The van der Waals surface area contributed by atoms with E-state index in [0.717, 1.165) is 5.82 Å². The molecule has 1 heterocycles. The van der Waals surface area contributed by atoms with E-state index in [1.807, 2.05) is 6.92 Å². The lowest BCUT2D eigenvalue weighted by Gasteiger charge is -2.07. The molecule has 0 saturated carbocycles. The van der Waals surface area contributed by atoms with Crippen LogP contribution in [0.5, 0.6) is 0 Å². The van der Waals surface area contributed by atoms with Gasteiger partial charge in [-0.2, -0.15) is 0 Å². The van der Waals surface area contributed by atoms with Crippen LogP contribution < -0.4 is 5.73 Å². The lowest BCUT2D eigenvalue weighted by Crippen LogP contribution is -2.12. The van der Waals surface area contributed by atoms with Crippen LogP contribution in [-0.4, -0.2) is 15.5 Å². The number of hydrogen-bond acceptors (Lipinski definition) is 2. The van der Waals surface area contributed by atoms with Crippen LogP contribution in [-0.2, 0) is 6.54 Å². The fourth-order valence-electron chi connectivity index (χ4n) is 1.60. The highest BCUT2D eigenvalue weighted by molar-refractivity contribution is 5.92. The first-order valence-corrected chi connectivity index (χ1v) is 5.14. The molecule has 1 amide bonds. The molecule has 17 heavy (non-hydrogen) atoms. The summed E-state index contributed by atoms with van der Waals surface area (Å²) < 4.78 is 15.4. The van der Waals surface area contributed by atoms with Gasteiger partial charge in [0.15, 0.2) is 0 Å². The molecule has 0 aliphatic heterocycles. The molecule has 5 heteroatoms. The van der Waals surface area contributed by atoms with Crippen LogP contribution >= 0.6 is 0 Å². The number of imidazole rings is 1. The maximum Gasteiger partial charge on any atom is 0.248 e. The van der Waals surface area contributed by atoms with Crippen molar-refractivity contribution in [3.8, 4) is 0 Å². The van der Waals surface area contributed by atoms with Crippen molar-refractivity contribution in [2.45, 2.75) is 13.5 Å². The summed E-state index contributed by atoms with van der Waals surface area (Å²) in [7, 11) is 0. The molecule has 2 rings (SSSR count). The highest BCUT2D eigenvalue weighted by atomic mass is 19.1. The SMILES string of the molecule is Cc1nccn1Cc1cc(C(N)=O)ccc1F. The van der Waals surface area contributed by atoms with Crippen LogP contribution in [0, 0.1) is 12.7 Å². The molecule has 0 radical (unpaired) electrons. The molecule has 88 valence electrons. The van der Waals surface area contributed by atoms with E-state index in [2.05, 4.69) is 4.98 Å². The van der Waals surface area contributed by atoms with Gasteiger partial charge in [-0.3, -0.25) is 4.79 Å². The lowest BCUT2D eigenvalue weighted by molar-refractivity contribution is 0.1000. The van der Waals surface area contributed by atoms with E-state index in [0.29, 0.717) is 17.7 Å². The summed E-state index contributed by atoms with van der Waals surface area (Å²) >= 11 is 0. The molecule has 0 unspecified atom stereocenters. The number of rotatable bonds is 3. The van der Waals surface area contributed by atoms with Crippen molar-refractivity contribution in [2.75, 3.05) is 0 Å². The lowest BCUT2D eigenvalue weighted by atomic mass is 10.1. The molecule has 0 saturated heterocycles. The first kappa shape index (κ1) is 11.3. The van der Waals surface area contributed by atoms with Gasteiger partial charge in [0.25, 0.3) is 0 Å². The average Bonchev–Trinajstić information content (AvgIpc) is 2.67. The van der Waals surface area contributed by atoms with E-state index in [9.17, 15) is 9.18 Å².